The molecule has 0 unspecified atom stereocenters. The van der Waals surface area contributed by atoms with Gasteiger partial charge in [0.05, 0.1) is 12.2 Å². The Balaban J connectivity index is 3.06. The maximum atomic E-state index is 9.00. The van der Waals surface area contributed by atoms with Gasteiger partial charge in [0.25, 0.3) is 0 Å². The van der Waals surface area contributed by atoms with E-state index >= 15 is 0 Å². The van der Waals surface area contributed by atoms with Crippen molar-refractivity contribution in [3.63, 3.8) is 0 Å². The Bertz CT molecular complexity index is 396. The molecule has 0 atom stereocenters. The zero-order chi connectivity index (χ0) is 12.1. The third-order valence-electron chi connectivity index (χ3n) is 2.45. The third-order valence-corrected chi connectivity index (χ3v) is 2.45. The fourth-order valence-corrected chi connectivity index (χ4v) is 1.61. The third kappa shape index (κ3) is 2.65. The van der Waals surface area contributed by atoms with Crippen LogP contribution in [0.25, 0.3) is 0 Å². The molecule has 0 radical (unpaired) electrons. The van der Waals surface area contributed by atoms with Crippen LogP contribution in [0.3, 0.4) is 0 Å². The van der Waals surface area contributed by atoms with Gasteiger partial charge in [-0.2, -0.15) is 5.26 Å². The zero-order valence-electron chi connectivity index (χ0n) is 9.64. The van der Waals surface area contributed by atoms with E-state index in [2.05, 4.69) is 6.07 Å². The van der Waals surface area contributed by atoms with Gasteiger partial charge in [-0.25, -0.2) is 0 Å². The quantitative estimate of drug-likeness (QED) is 0.750. The highest BCUT2D eigenvalue weighted by molar-refractivity contribution is 5.63. The number of aliphatic hydroxyl groups is 1. The van der Waals surface area contributed by atoms with Crippen LogP contribution in [0.1, 0.15) is 19.4 Å². The van der Waals surface area contributed by atoms with Crippen LogP contribution in [0, 0.1) is 11.3 Å². The van der Waals surface area contributed by atoms with Crippen molar-refractivity contribution in [2.45, 2.75) is 19.9 Å². The van der Waals surface area contributed by atoms with Crippen molar-refractivity contribution in [3.8, 4) is 6.07 Å². The first-order valence-corrected chi connectivity index (χ1v) is 5.27. The van der Waals surface area contributed by atoms with Crippen molar-refractivity contribution in [2.24, 2.45) is 0 Å². The lowest BCUT2D eigenvalue weighted by atomic mass is 10.1. The second-order valence-electron chi connectivity index (χ2n) is 3.89. The van der Waals surface area contributed by atoms with Gasteiger partial charge in [0.15, 0.2) is 0 Å². The molecule has 0 amide bonds. The highest BCUT2D eigenvalue weighted by atomic mass is 16.3. The molecule has 0 aliphatic carbocycles. The molecule has 1 rings (SSSR count). The van der Waals surface area contributed by atoms with Gasteiger partial charge in [-0.3, -0.25) is 0 Å². The van der Waals surface area contributed by atoms with Gasteiger partial charge >= 0.3 is 0 Å². The number of anilines is 2. The predicted molar refractivity (Wildman–Crippen MR) is 65.1 cm³/mol. The van der Waals surface area contributed by atoms with Crippen LogP contribution < -0.4 is 10.6 Å². The average molecular weight is 219 g/mol. The Morgan fingerprint density at radius 2 is 2.19 bits per heavy atom. The summed E-state index contributed by atoms with van der Waals surface area (Å²) in [4.78, 5) is 2.03. The molecular formula is C12H17N3O. The second kappa shape index (κ2) is 5.38. The first kappa shape index (κ1) is 12.3. The molecule has 3 N–H and O–H groups in total. The molecule has 0 aromatic heterocycles. The molecule has 1 aromatic rings. The van der Waals surface area contributed by atoms with Crippen molar-refractivity contribution < 1.29 is 5.11 Å². The van der Waals surface area contributed by atoms with Crippen LogP contribution in [-0.2, 0) is 0 Å². The summed E-state index contributed by atoms with van der Waals surface area (Å²) in [6, 6.07) is 7.67. The summed E-state index contributed by atoms with van der Waals surface area (Å²) in [6.07, 6.45) is 0. The first-order valence-electron chi connectivity index (χ1n) is 5.27. The Hall–Kier alpha value is -1.73. The van der Waals surface area contributed by atoms with Crippen molar-refractivity contribution in [1.82, 2.24) is 0 Å². The van der Waals surface area contributed by atoms with Crippen LogP contribution in [-0.4, -0.2) is 24.3 Å². The van der Waals surface area contributed by atoms with E-state index in [1.54, 1.807) is 12.1 Å². The van der Waals surface area contributed by atoms with Crippen LogP contribution >= 0.6 is 0 Å². The summed E-state index contributed by atoms with van der Waals surface area (Å²) in [7, 11) is 0. The number of rotatable bonds is 4. The van der Waals surface area contributed by atoms with E-state index in [9.17, 15) is 0 Å². The van der Waals surface area contributed by atoms with Crippen LogP contribution in [0.4, 0.5) is 11.4 Å². The zero-order valence-corrected chi connectivity index (χ0v) is 9.64. The van der Waals surface area contributed by atoms with Crippen molar-refractivity contribution in [2.75, 3.05) is 23.8 Å². The van der Waals surface area contributed by atoms with Crippen molar-refractivity contribution in [3.05, 3.63) is 23.8 Å². The van der Waals surface area contributed by atoms with Crippen LogP contribution in [0.15, 0.2) is 18.2 Å². The normalized spacial score (nSPS) is 10.2. The lowest BCUT2D eigenvalue weighted by Gasteiger charge is -2.28. The second-order valence-corrected chi connectivity index (χ2v) is 3.89. The summed E-state index contributed by atoms with van der Waals surface area (Å²) in [6.45, 7) is 4.72. The number of nitrogens with zero attached hydrogens (tertiary/aromatic N) is 2. The standard InChI is InChI=1S/C12H17N3O/c1-9(2)15(5-6-16)11-3-4-12(14)10(7-11)8-13/h3-4,7,9,16H,5-6,14H2,1-2H3. The lowest BCUT2D eigenvalue weighted by Crippen LogP contribution is -2.33. The minimum Gasteiger partial charge on any atom is -0.398 e. The monoisotopic (exact) mass is 219 g/mol. The van der Waals surface area contributed by atoms with Gasteiger partial charge in [0.1, 0.15) is 6.07 Å². The smallest absolute Gasteiger partial charge is 0.101 e. The maximum Gasteiger partial charge on any atom is 0.101 e. The summed E-state index contributed by atoms with van der Waals surface area (Å²) < 4.78 is 0. The van der Waals surface area contributed by atoms with E-state index in [0.29, 0.717) is 17.8 Å². The minimum absolute atomic E-state index is 0.0877. The highest BCUT2D eigenvalue weighted by Crippen LogP contribution is 2.22. The first-order chi connectivity index (χ1) is 7.60. The summed E-state index contributed by atoms with van der Waals surface area (Å²) in [5, 5.41) is 17.9. The van der Waals surface area contributed by atoms with Gasteiger partial charge < -0.3 is 15.7 Å². The van der Waals surface area contributed by atoms with E-state index in [4.69, 9.17) is 16.1 Å². The van der Waals surface area contributed by atoms with Gasteiger partial charge in [-0.05, 0) is 32.0 Å². The van der Waals surface area contributed by atoms with E-state index in [-0.39, 0.29) is 12.6 Å². The lowest BCUT2D eigenvalue weighted by molar-refractivity contribution is 0.299. The van der Waals surface area contributed by atoms with Gasteiger partial charge in [-0.15, -0.1) is 0 Å². The molecule has 16 heavy (non-hydrogen) atoms. The predicted octanol–water partition coefficient (Wildman–Crippen LogP) is 1.35. The molecule has 0 aliphatic heterocycles. The molecule has 4 nitrogen and oxygen atoms in total. The topological polar surface area (TPSA) is 73.3 Å². The van der Waals surface area contributed by atoms with Gasteiger partial charge in [0, 0.05) is 24.0 Å². The molecule has 0 fully saturated rings. The Morgan fingerprint density at radius 3 is 2.69 bits per heavy atom. The molecule has 0 spiro atoms. The highest BCUT2D eigenvalue weighted by Gasteiger charge is 2.11. The number of nitrogens with two attached hydrogens (primary N) is 1. The number of nitrogen functional groups attached to an aromatic ring is 1. The fraction of sp³-hybridized carbons (Fsp3) is 0.417. The largest absolute Gasteiger partial charge is 0.398 e. The summed E-state index contributed by atoms with van der Waals surface area (Å²) in [5.41, 5.74) is 7.53. The van der Waals surface area contributed by atoms with E-state index < -0.39 is 0 Å². The summed E-state index contributed by atoms with van der Waals surface area (Å²) in [5.74, 6) is 0. The molecular weight excluding hydrogens is 202 g/mol. The van der Waals surface area contributed by atoms with E-state index in [0.717, 1.165) is 5.69 Å². The fourth-order valence-electron chi connectivity index (χ4n) is 1.61. The Labute approximate surface area is 95.9 Å². The van der Waals surface area contributed by atoms with E-state index in [1.165, 1.54) is 0 Å². The Kier molecular flexibility index (Phi) is 4.15. The number of aliphatic hydroxyl groups excluding tert-OH is 1. The molecule has 86 valence electrons. The van der Waals surface area contributed by atoms with Crippen LogP contribution in [0.2, 0.25) is 0 Å². The maximum absolute atomic E-state index is 9.00. The number of hydrogen-bond acceptors (Lipinski definition) is 4. The van der Waals surface area contributed by atoms with E-state index in [1.807, 2.05) is 24.8 Å². The average Bonchev–Trinajstić information content (AvgIpc) is 2.26. The van der Waals surface area contributed by atoms with Crippen molar-refractivity contribution >= 4 is 11.4 Å². The number of hydrogen-bond donors (Lipinski definition) is 2. The molecule has 0 bridgehead atoms. The van der Waals surface area contributed by atoms with Crippen molar-refractivity contribution in [1.29, 1.82) is 5.26 Å². The van der Waals surface area contributed by atoms with Gasteiger partial charge in [0.2, 0.25) is 0 Å². The number of benzene rings is 1. The Morgan fingerprint density at radius 1 is 1.50 bits per heavy atom. The van der Waals surface area contributed by atoms with Crippen LogP contribution in [0.5, 0.6) is 0 Å². The molecule has 4 heteroatoms. The van der Waals surface area contributed by atoms with Gasteiger partial charge in [-0.1, -0.05) is 0 Å². The number of nitriles is 1. The molecule has 0 heterocycles. The SMILES string of the molecule is CC(C)N(CCO)c1ccc(N)c(C#N)c1. The minimum atomic E-state index is 0.0877. The molecule has 0 aliphatic rings. The summed E-state index contributed by atoms with van der Waals surface area (Å²) >= 11 is 0. The molecule has 0 saturated carbocycles. The molecule has 0 saturated heterocycles. The molecule has 1 aromatic carbocycles.